The summed E-state index contributed by atoms with van der Waals surface area (Å²) in [6, 6.07) is 6.12. The minimum Gasteiger partial charge on any atom is -0.444 e. The third-order valence-corrected chi connectivity index (χ3v) is 5.55. The molecule has 1 fully saturated rings. The highest BCUT2D eigenvalue weighted by molar-refractivity contribution is 7.08. The molecule has 0 aromatic carbocycles. The van der Waals surface area contributed by atoms with Crippen molar-refractivity contribution >= 4 is 23.3 Å². The van der Waals surface area contributed by atoms with Gasteiger partial charge in [0.1, 0.15) is 5.60 Å². The van der Waals surface area contributed by atoms with Crippen LogP contribution in [-0.2, 0) is 9.53 Å². The monoisotopic (exact) mass is 403 g/mol. The lowest BCUT2D eigenvalue weighted by atomic mass is 10.0. The Kier molecular flexibility index (Phi) is 6.44. The molecule has 152 valence electrons. The Morgan fingerprint density at radius 2 is 1.93 bits per heavy atom. The first-order valence-electron chi connectivity index (χ1n) is 9.73. The molecule has 3 heterocycles. The molecular weight excluding hydrogens is 374 g/mol. The number of carbonyl (C=O) groups excluding carboxylic acids is 2. The van der Waals surface area contributed by atoms with Crippen LogP contribution in [0, 0.1) is 0 Å². The average molecular weight is 404 g/mol. The first kappa shape index (κ1) is 20.5. The number of aromatic nitrogens is 1. The fraction of sp³-hybridized carbons (Fsp3) is 0.524. The van der Waals surface area contributed by atoms with Crippen molar-refractivity contribution in [3.63, 3.8) is 0 Å². The van der Waals surface area contributed by atoms with E-state index in [0.29, 0.717) is 19.5 Å². The average Bonchev–Trinajstić information content (AvgIpc) is 3.32. The van der Waals surface area contributed by atoms with Gasteiger partial charge in [-0.05, 0) is 68.1 Å². The lowest BCUT2D eigenvalue weighted by Crippen LogP contribution is -2.47. The zero-order valence-electron chi connectivity index (χ0n) is 16.8. The summed E-state index contributed by atoms with van der Waals surface area (Å²) in [5.41, 5.74) is 0.659. The second-order valence-corrected chi connectivity index (χ2v) is 8.99. The van der Waals surface area contributed by atoms with Crippen LogP contribution in [0.5, 0.6) is 0 Å². The molecule has 7 heteroatoms. The van der Waals surface area contributed by atoms with Crippen LogP contribution in [0.2, 0.25) is 0 Å². The van der Waals surface area contributed by atoms with E-state index in [9.17, 15) is 9.59 Å². The van der Waals surface area contributed by atoms with Gasteiger partial charge in [0.2, 0.25) is 5.91 Å². The summed E-state index contributed by atoms with van der Waals surface area (Å²) >= 11 is 1.65. The normalized spacial score (nSPS) is 16.6. The van der Waals surface area contributed by atoms with Gasteiger partial charge in [0.05, 0.1) is 12.5 Å². The molecule has 2 aromatic rings. The van der Waals surface area contributed by atoms with Gasteiger partial charge in [0.15, 0.2) is 0 Å². The van der Waals surface area contributed by atoms with Crippen molar-refractivity contribution in [2.75, 3.05) is 13.1 Å². The first-order valence-corrected chi connectivity index (χ1v) is 10.7. The van der Waals surface area contributed by atoms with Gasteiger partial charge in [-0.1, -0.05) is 0 Å². The topological polar surface area (TPSA) is 63.6 Å². The summed E-state index contributed by atoms with van der Waals surface area (Å²) < 4.78 is 7.41. The Morgan fingerprint density at radius 3 is 2.50 bits per heavy atom. The smallest absolute Gasteiger partial charge is 0.407 e. The highest BCUT2D eigenvalue weighted by Gasteiger charge is 2.27. The molecule has 3 rings (SSSR count). The summed E-state index contributed by atoms with van der Waals surface area (Å²) in [6.45, 7) is 6.86. The lowest BCUT2D eigenvalue weighted by Gasteiger charge is -2.33. The molecule has 1 aliphatic rings. The summed E-state index contributed by atoms with van der Waals surface area (Å²) in [6.07, 6.45) is 5.56. The van der Waals surface area contributed by atoms with Crippen LogP contribution in [0.1, 0.15) is 51.6 Å². The third kappa shape index (κ3) is 5.61. The zero-order valence-corrected chi connectivity index (χ0v) is 17.6. The predicted octanol–water partition coefficient (Wildman–Crippen LogP) is 4.04. The highest BCUT2D eigenvalue weighted by atomic mass is 32.1. The van der Waals surface area contributed by atoms with Crippen molar-refractivity contribution in [2.24, 2.45) is 0 Å². The number of hydrogen-bond acceptors (Lipinski definition) is 4. The van der Waals surface area contributed by atoms with Gasteiger partial charge in [-0.15, -0.1) is 0 Å². The van der Waals surface area contributed by atoms with Gasteiger partial charge < -0.3 is 19.5 Å². The highest BCUT2D eigenvalue weighted by Crippen LogP contribution is 2.26. The molecule has 0 saturated carbocycles. The Morgan fingerprint density at radius 1 is 1.25 bits per heavy atom. The predicted molar refractivity (Wildman–Crippen MR) is 110 cm³/mol. The minimum atomic E-state index is -0.504. The molecular formula is C21H29N3O3S. The summed E-state index contributed by atoms with van der Waals surface area (Å²) in [5.74, 6) is 0.153. The van der Waals surface area contributed by atoms with Gasteiger partial charge in [-0.3, -0.25) is 4.79 Å². The standard InChI is InChI=1S/C21H29N3O3S/c1-21(2,3)27-20(26)22-17-6-11-24(12-7-17)19(25)14-18(16-8-13-28-15-16)23-9-4-5-10-23/h4-5,8-10,13,15,17-18H,6-7,11-12,14H2,1-3H3,(H,22,26)/t18-/m0/s1. The molecule has 1 aliphatic heterocycles. The molecule has 1 N–H and O–H groups in total. The quantitative estimate of drug-likeness (QED) is 0.819. The minimum absolute atomic E-state index is 0.0198. The van der Waals surface area contributed by atoms with Crippen molar-refractivity contribution in [3.8, 4) is 0 Å². The van der Waals surface area contributed by atoms with Gasteiger partial charge in [-0.25, -0.2) is 4.79 Å². The number of hydrogen-bond donors (Lipinski definition) is 1. The Labute approximate surface area is 170 Å². The number of amides is 2. The van der Waals surface area contributed by atoms with Gasteiger partial charge >= 0.3 is 6.09 Å². The van der Waals surface area contributed by atoms with Crippen LogP contribution in [0.3, 0.4) is 0 Å². The number of thiophene rings is 1. The molecule has 28 heavy (non-hydrogen) atoms. The number of carbonyl (C=O) groups is 2. The largest absolute Gasteiger partial charge is 0.444 e. The summed E-state index contributed by atoms with van der Waals surface area (Å²) in [5, 5.41) is 7.07. The van der Waals surface area contributed by atoms with Crippen LogP contribution in [0.4, 0.5) is 4.79 Å². The van der Waals surface area contributed by atoms with Crippen LogP contribution >= 0.6 is 11.3 Å². The van der Waals surface area contributed by atoms with Crippen LogP contribution in [0.15, 0.2) is 41.4 Å². The maximum atomic E-state index is 12.9. The van der Waals surface area contributed by atoms with Crippen molar-refractivity contribution in [3.05, 3.63) is 46.9 Å². The molecule has 0 unspecified atom stereocenters. The maximum absolute atomic E-state index is 12.9. The number of likely N-dealkylation sites (tertiary alicyclic amines) is 1. The van der Waals surface area contributed by atoms with Crippen molar-refractivity contribution in [2.45, 2.75) is 57.7 Å². The van der Waals surface area contributed by atoms with Gasteiger partial charge in [0.25, 0.3) is 0 Å². The fourth-order valence-corrected chi connectivity index (χ4v) is 4.16. The van der Waals surface area contributed by atoms with Crippen LogP contribution in [-0.4, -0.2) is 46.2 Å². The molecule has 1 atom stereocenters. The van der Waals surface area contributed by atoms with E-state index in [-0.39, 0.29) is 24.1 Å². The third-order valence-electron chi connectivity index (χ3n) is 4.85. The second kappa shape index (κ2) is 8.82. The summed E-state index contributed by atoms with van der Waals surface area (Å²) in [4.78, 5) is 26.8. The Bertz CT molecular complexity index is 723. The van der Waals surface area contributed by atoms with E-state index in [0.717, 1.165) is 18.4 Å². The van der Waals surface area contributed by atoms with E-state index < -0.39 is 5.60 Å². The number of nitrogens with zero attached hydrogens (tertiary/aromatic N) is 2. The summed E-state index contributed by atoms with van der Waals surface area (Å²) in [7, 11) is 0. The number of nitrogens with one attached hydrogen (secondary N) is 1. The van der Waals surface area contributed by atoms with E-state index in [1.165, 1.54) is 0 Å². The molecule has 1 saturated heterocycles. The Hall–Kier alpha value is -2.28. The van der Waals surface area contributed by atoms with Crippen molar-refractivity contribution in [1.82, 2.24) is 14.8 Å². The number of alkyl carbamates (subject to hydrolysis) is 1. The molecule has 2 aromatic heterocycles. The SMILES string of the molecule is CC(C)(C)OC(=O)NC1CCN(C(=O)C[C@@H](c2ccsc2)n2cccc2)CC1. The number of piperidine rings is 1. The number of rotatable bonds is 5. The van der Waals surface area contributed by atoms with E-state index in [2.05, 4.69) is 21.3 Å². The first-order chi connectivity index (χ1) is 13.3. The molecule has 2 amide bonds. The molecule has 0 radical (unpaired) electrons. The van der Waals surface area contributed by atoms with Gasteiger partial charge in [-0.2, -0.15) is 11.3 Å². The number of ether oxygens (including phenoxy) is 1. The van der Waals surface area contributed by atoms with E-state index >= 15 is 0 Å². The lowest BCUT2D eigenvalue weighted by molar-refractivity contribution is -0.132. The molecule has 0 spiro atoms. The van der Waals surface area contributed by atoms with E-state index in [1.54, 1.807) is 11.3 Å². The van der Waals surface area contributed by atoms with E-state index in [4.69, 9.17) is 4.74 Å². The Balaban J connectivity index is 1.53. The van der Waals surface area contributed by atoms with Crippen molar-refractivity contribution < 1.29 is 14.3 Å². The van der Waals surface area contributed by atoms with E-state index in [1.807, 2.05) is 55.6 Å². The zero-order chi connectivity index (χ0) is 20.1. The second-order valence-electron chi connectivity index (χ2n) is 8.21. The van der Waals surface area contributed by atoms with Crippen molar-refractivity contribution in [1.29, 1.82) is 0 Å². The molecule has 0 aliphatic carbocycles. The maximum Gasteiger partial charge on any atom is 0.407 e. The molecule has 0 bridgehead atoms. The van der Waals surface area contributed by atoms with Crippen LogP contribution in [0.25, 0.3) is 0 Å². The van der Waals surface area contributed by atoms with Crippen LogP contribution < -0.4 is 5.32 Å². The molecule has 6 nitrogen and oxygen atoms in total. The fourth-order valence-electron chi connectivity index (χ4n) is 3.46. The van der Waals surface area contributed by atoms with Gasteiger partial charge in [0, 0.05) is 31.5 Å².